The number of halogens is 3. The Balaban J connectivity index is 2.33. The number of unbranched alkanes of at least 4 members (excludes halogenated alkanes) is 5. The van der Waals surface area contributed by atoms with Gasteiger partial charge in [-0.25, -0.2) is 0 Å². The first-order valence-electron chi connectivity index (χ1n) is 6.85. The van der Waals surface area contributed by atoms with E-state index in [0.29, 0.717) is 5.88 Å². The molecule has 0 saturated carbocycles. The molecule has 0 heterocycles. The molecule has 0 spiro atoms. The molecule has 0 N–H and O–H groups in total. The molecule has 1 aromatic carbocycles. The van der Waals surface area contributed by atoms with Gasteiger partial charge in [0, 0.05) is 5.88 Å². The van der Waals surface area contributed by atoms with Crippen molar-refractivity contribution in [3.63, 3.8) is 0 Å². The normalized spacial score (nSPS) is 10.7. The molecule has 0 radical (unpaired) electrons. The standard InChI is InChI=1S/C15H21Br2ClO/c1-2-3-4-5-6-7-8-19-15-13(16)9-12(11-18)10-14(15)17/h9-10H,2-8,11H2,1H3. The lowest BCUT2D eigenvalue weighted by Gasteiger charge is -2.11. The van der Waals surface area contributed by atoms with E-state index in [9.17, 15) is 0 Å². The van der Waals surface area contributed by atoms with Crippen LogP contribution in [-0.4, -0.2) is 6.61 Å². The van der Waals surface area contributed by atoms with Crippen molar-refractivity contribution < 1.29 is 4.74 Å². The smallest absolute Gasteiger partial charge is 0.147 e. The number of ether oxygens (including phenoxy) is 1. The molecule has 0 aliphatic heterocycles. The van der Waals surface area contributed by atoms with Gasteiger partial charge in [0.25, 0.3) is 0 Å². The number of rotatable bonds is 9. The second-order valence-corrected chi connectivity index (χ2v) is 6.61. The molecule has 0 fully saturated rings. The summed E-state index contributed by atoms with van der Waals surface area (Å²) in [6, 6.07) is 4.02. The summed E-state index contributed by atoms with van der Waals surface area (Å²) in [5, 5.41) is 0. The Morgan fingerprint density at radius 1 is 1.00 bits per heavy atom. The molecule has 0 bridgehead atoms. The van der Waals surface area contributed by atoms with Gasteiger partial charge in [-0.2, -0.15) is 0 Å². The molecule has 108 valence electrons. The SMILES string of the molecule is CCCCCCCCOc1c(Br)cc(CCl)cc1Br. The average Bonchev–Trinajstić information content (AvgIpc) is 2.40. The zero-order valence-electron chi connectivity index (χ0n) is 11.4. The van der Waals surface area contributed by atoms with Gasteiger partial charge in [0.1, 0.15) is 5.75 Å². The fourth-order valence-corrected chi connectivity index (χ4v) is 3.55. The average molecular weight is 413 g/mol. The molecule has 4 heteroatoms. The lowest BCUT2D eigenvalue weighted by molar-refractivity contribution is 0.301. The topological polar surface area (TPSA) is 9.23 Å². The van der Waals surface area contributed by atoms with E-state index in [0.717, 1.165) is 33.3 Å². The first-order valence-corrected chi connectivity index (χ1v) is 8.97. The fourth-order valence-electron chi connectivity index (χ4n) is 1.88. The van der Waals surface area contributed by atoms with E-state index >= 15 is 0 Å². The zero-order chi connectivity index (χ0) is 14.1. The van der Waals surface area contributed by atoms with Crippen molar-refractivity contribution in [3.8, 4) is 5.75 Å². The van der Waals surface area contributed by atoms with Crippen molar-refractivity contribution in [3.05, 3.63) is 26.6 Å². The molecule has 0 aliphatic rings. The molecule has 19 heavy (non-hydrogen) atoms. The monoisotopic (exact) mass is 410 g/mol. The highest BCUT2D eigenvalue weighted by molar-refractivity contribution is 9.11. The lowest BCUT2D eigenvalue weighted by Crippen LogP contribution is -1.99. The molecule has 0 saturated heterocycles. The number of hydrogen-bond donors (Lipinski definition) is 0. The second-order valence-electron chi connectivity index (χ2n) is 4.64. The van der Waals surface area contributed by atoms with Gasteiger partial charge in [-0.1, -0.05) is 39.0 Å². The summed E-state index contributed by atoms with van der Waals surface area (Å²) in [5.41, 5.74) is 1.08. The van der Waals surface area contributed by atoms with E-state index in [1.165, 1.54) is 32.1 Å². The quantitative estimate of drug-likeness (QED) is 0.324. The van der Waals surface area contributed by atoms with Gasteiger partial charge in [0.05, 0.1) is 15.6 Å². The number of hydrogen-bond acceptors (Lipinski definition) is 1. The van der Waals surface area contributed by atoms with Gasteiger partial charge >= 0.3 is 0 Å². The summed E-state index contributed by atoms with van der Waals surface area (Å²) < 4.78 is 7.76. The summed E-state index contributed by atoms with van der Waals surface area (Å²) in [6.45, 7) is 3.01. The lowest BCUT2D eigenvalue weighted by atomic mass is 10.1. The van der Waals surface area contributed by atoms with Crippen LogP contribution in [0.1, 0.15) is 51.0 Å². The maximum Gasteiger partial charge on any atom is 0.147 e. The molecule has 1 nitrogen and oxygen atoms in total. The van der Waals surface area contributed by atoms with E-state index in [1.807, 2.05) is 12.1 Å². The van der Waals surface area contributed by atoms with Gasteiger partial charge in [-0.3, -0.25) is 0 Å². The number of benzene rings is 1. The van der Waals surface area contributed by atoms with E-state index < -0.39 is 0 Å². The Kier molecular flexibility index (Phi) is 9.17. The third-order valence-corrected chi connectivity index (χ3v) is 4.44. The van der Waals surface area contributed by atoms with E-state index in [2.05, 4.69) is 38.8 Å². The van der Waals surface area contributed by atoms with Gasteiger partial charge in [0.2, 0.25) is 0 Å². The highest BCUT2D eigenvalue weighted by atomic mass is 79.9. The van der Waals surface area contributed by atoms with Crippen LogP contribution >= 0.6 is 43.5 Å². The van der Waals surface area contributed by atoms with Crippen LogP contribution in [0, 0.1) is 0 Å². The minimum Gasteiger partial charge on any atom is -0.491 e. The maximum atomic E-state index is 5.84. The van der Waals surface area contributed by atoms with Crippen LogP contribution in [0.15, 0.2) is 21.1 Å². The predicted molar refractivity (Wildman–Crippen MR) is 90.3 cm³/mol. The van der Waals surface area contributed by atoms with Crippen LogP contribution in [0.2, 0.25) is 0 Å². The van der Waals surface area contributed by atoms with Crippen LogP contribution < -0.4 is 4.74 Å². The van der Waals surface area contributed by atoms with Gasteiger partial charge < -0.3 is 4.74 Å². The molecule has 1 rings (SSSR count). The Labute approximate surface area is 138 Å². The molecule has 0 atom stereocenters. The molecular weight excluding hydrogens is 391 g/mol. The summed E-state index contributed by atoms with van der Waals surface area (Å²) in [7, 11) is 0. The van der Waals surface area contributed by atoms with Crippen molar-refractivity contribution >= 4 is 43.5 Å². The predicted octanol–water partition coefficient (Wildman–Crippen LogP) is 6.69. The third kappa shape index (κ3) is 6.50. The van der Waals surface area contributed by atoms with Crippen LogP contribution in [0.25, 0.3) is 0 Å². The first-order chi connectivity index (χ1) is 9.19. The van der Waals surface area contributed by atoms with E-state index in [4.69, 9.17) is 16.3 Å². The van der Waals surface area contributed by atoms with Crippen LogP contribution in [0.5, 0.6) is 5.75 Å². The Morgan fingerprint density at radius 3 is 2.16 bits per heavy atom. The molecule has 0 amide bonds. The Bertz CT molecular complexity index is 359. The molecule has 0 unspecified atom stereocenters. The minimum atomic E-state index is 0.509. The van der Waals surface area contributed by atoms with Crippen molar-refractivity contribution in [1.82, 2.24) is 0 Å². The molecule has 0 aromatic heterocycles. The maximum absolute atomic E-state index is 5.84. The highest BCUT2D eigenvalue weighted by Crippen LogP contribution is 2.35. The second kappa shape index (κ2) is 10.1. The third-order valence-electron chi connectivity index (χ3n) is 2.96. The van der Waals surface area contributed by atoms with Gasteiger partial charge in [-0.05, 0) is 56.0 Å². The zero-order valence-corrected chi connectivity index (χ0v) is 15.3. The van der Waals surface area contributed by atoms with Crippen LogP contribution in [0.4, 0.5) is 0 Å². The summed E-state index contributed by atoms with van der Waals surface area (Å²) in [4.78, 5) is 0. The van der Waals surface area contributed by atoms with Crippen molar-refractivity contribution in [2.24, 2.45) is 0 Å². The van der Waals surface area contributed by atoms with Crippen LogP contribution in [-0.2, 0) is 5.88 Å². The van der Waals surface area contributed by atoms with Crippen LogP contribution in [0.3, 0.4) is 0 Å². The Morgan fingerprint density at radius 2 is 1.58 bits per heavy atom. The van der Waals surface area contributed by atoms with Crippen molar-refractivity contribution in [1.29, 1.82) is 0 Å². The molecular formula is C15H21Br2ClO. The largest absolute Gasteiger partial charge is 0.491 e. The summed E-state index contributed by atoms with van der Waals surface area (Å²) in [5.74, 6) is 1.39. The molecule has 0 aliphatic carbocycles. The summed E-state index contributed by atoms with van der Waals surface area (Å²) in [6.07, 6.45) is 7.65. The van der Waals surface area contributed by atoms with E-state index in [-0.39, 0.29) is 0 Å². The van der Waals surface area contributed by atoms with Crippen molar-refractivity contribution in [2.45, 2.75) is 51.3 Å². The van der Waals surface area contributed by atoms with Crippen molar-refractivity contribution in [2.75, 3.05) is 6.61 Å². The molecule has 1 aromatic rings. The summed E-state index contributed by atoms with van der Waals surface area (Å²) >= 11 is 12.9. The van der Waals surface area contributed by atoms with Gasteiger partial charge in [0.15, 0.2) is 0 Å². The van der Waals surface area contributed by atoms with Gasteiger partial charge in [-0.15, -0.1) is 11.6 Å². The number of alkyl halides is 1. The highest BCUT2D eigenvalue weighted by Gasteiger charge is 2.08. The fraction of sp³-hybridized carbons (Fsp3) is 0.600. The van der Waals surface area contributed by atoms with E-state index in [1.54, 1.807) is 0 Å². The first kappa shape index (κ1) is 17.3. The Hall–Kier alpha value is 0.270. The minimum absolute atomic E-state index is 0.509.